The monoisotopic (exact) mass is 245 g/mol. The lowest BCUT2D eigenvalue weighted by Gasteiger charge is -2.24. The van der Waals surface area contributed by atoms with Gasteiger partial charge >= 0.3 is 0 Å². The van der Waals surface area contributed by atoms with E-state index < -0.39 is 0 Å². The molecule has 0 bridgehead atoms. The van der Waals surface area contributed by atoms with Crippen LogP contribution in [0.1, 0.15) is 45.4 Å². The van der Waals surface area contributed by atoms with Crippen LogP contribution in [0.3, 0.4) is 0 Å². The number of nitrogens with one attached hydrogen (secondary N) is 1. The zero-order valence-electron chi connectivity index (χ0n) is 10.6. The summed E-state index contributed by atoms with van der Waals surface area (Å²) in [5.41, 5.74) is 0. The van der Waals surface area contributed by atoms with Crippen LogP contribution in [0.25, 0.3) is 0 Å². The third-order valence-electron chi connectivity index (χ3n) is 3.37. The highest BCUT2D eigenvalue weighted by atomic mass is 32.2. The SMILES string of the molecule is CCCNC(CSCCCO)C1CCCC1. The Hall–Kier alpha value is 0.270. The third kappa shape index (κ3) is 5.55. The number of aliphatic hydroxyl groups excluding tert-OH is 1. The van der Waals surface area contributed by atoms with Crippen molar-refractivity contribution in [3.05, 3.63) is 0 Å². The zero-order chi connectivity index (χ0) is 11.6. The van der Waals surface area contributed by atoms with E-state index >= 15 is 0 Å². The quantitative estimate of drug-likeness (QED) is 0.613. The van der Waals surface area contributed by atoms with E-state index in [-0.39, 0.29) is 0 Å². The molecule has 1 aliphatic carbocycles. The van der Waals surface area contributed by atoms with Crippen molar-refractivity contribution in [2.45, 2.75) is 51.5 Å². The van der Waals surface area contributed by atoms with Gasteiger partial charge in [-0.25, -0.2) is 0 Å². The Morgan fingerprint density at radius 3 is 2.75 bits per heavy atom. The average molecular weight is 245 g/mol. The van der Waals surface area contributed by atoms with Gasteiger partial charge in [-0.1, -0.05) is 19.8 Å². The Balaban J connectivity index is 2.19. The van der Waals surface area contributed by atoms with Gasteiger partial charge in [0.1, 0.15) is 0 Å². The lowest BCUT2D eigenvalue weighted by molar-refractivity contribution is 0.296. The Morgan fingerprint density at radius 1 is 1.38 bits per heavy atom. The van der Waals surface area contributed by atoms with Gasteiger partial charge in [0.25, 0.3) is 0 Å². The van der Waals surface area contributed by atoms with E-state index in [2.05, 4.69) is 12.2 Å². The first kappa shape index (κ1) is 14.3. The molecule has 2 N–H and O–H groups in total. The number of rotatable bonds is 9. The first-order valence-corrected chi connectivity index (χ1v) is 7.96. The third-order valence-corrected chi connectivity index (χ3v) is 4.54. The van der Waals surface area contributed by atoms with Gasteiger partial charge in [-0.05, 0) is 43.9 Å². The van der Waals surface area contributed by atoms with Crippen LogP contribution in [0, 0.1) is 5.92 Å². The number of aliphatic hydroxyl groups is 1. The molecule has 16 heavy (non-hydrogen) atoms. The molecule has 0 aromatic heterocycles. The van der Waals surface area contributed by atoms with E-state index in [0.29, 0.717) is 12.6 Å². The van der Waals surface area contributed by atoms with Crippen molar-refractivity contribution >= 4 is 11.8 Å². The fourth-order valence-corrected chi connectivity index (χ4v) is 3.57. The molecule has 1 unspecified atom stereocenters. The molecule has 1 aliphatic rings. The van der Waals surface area contributed by atoms with Gasteiger partial charge in [0, 0.05) is 18.4 Å². The molecule has 0 radical (unpaired) electrons. The van der Waals surface area contributed by atoms with Crippen molar-refractivity contribution in [3.63, 3.8) is 0 Å². The van der Waals surface area contributed by atoms with Crippen molar-refractivity contribution in [2.75, 3.05) is 24.7 Å². The van der Waals surface area contributed by atoms with Crippen molar-refractivity contribution < 1.29 is 5.11 Å². The summed E-state index contributed by atoms with van der Waals surface area (Å²) in [5.74, 6) is 3.24. The summed E-state index contributed by atoms with van der Waals surface area (Å²) in [6, 6.07) is 0.714. The first-order valence-electron chi connectivity index (χ1n) is 6.80. The maximum Gasteiger partial charge on any atom is 0.0438 e. The highest BCUT2D eigenvalue weighted by molar-refractivity contribution is 7.99. The summed E-state index contributed by atoms with van der Waals surface area (Å²) in [4.78, 5) is 0. The van der Waals surface area contributed by atoms with E-state index in [1.165, 1.54) is 37.9 Å². The van der Waals surface area contributed by atoms with Crippen LogP contribution in [0.15, 0.2) is 0 Å². The average Bonchev–Trinajstić information content (AvgIpc) is 2.82. The molecule has 1 rings (SSSR count). The Kier molecular flexibility index (Phi) is 8.34. The number of thioether (sulfide) groups is 1. The van der Waals surface area contributed by atoms with E-state index in [9.17, 15) is 0 Å². The molecule has 0 aliphatic heterocycles. The van der Waals surface area contributed by atoms with Crippen LogP contribution >= 0.6 is 11.8 Å². The molecule has 0 spiro atoms. The first-order chi connectivity index (χ1) is 7.88. The lowest BCUT2D eigenvalue weighted by Crippen LogP contribution is -2.37. The Morgan fingerprint density at radius 2 is 2.12 bits per heavy atom. The van der Waals surface area contributed by atoms with Crippen molar-refractivity contribution in [1.29, 1.82) is 0 Å². The van der Waals surface area contributed by atoms with Gasteiger partial charge in [-0.2, -0.15) is 11.8 Å². The Labute approximate surface area is 105 Å². The van der Waals surface area contributed by atoms with Crippen LogP contribution in [0.5, 0.6) is 0 Å². The molecule has 0 amide bonds. The van der Waals surface area contributed by atoms with E-state index in [0.717, 1.165) is 24.6 Å². The highest BCUT2D eigenvalue weighted by Crippen LogP contribution is 2.29. The molecule has 0 aromatic rings. The molecule has 0 saturated heterocycles. The van der Waals surface area contributed by atoms with Gasteiger partial charge < -0.3 is 10.4 Å². The van der Waals surface area contributed by atoms with Gasteiger partial charge in [-0.3, -0.25) is 0 Å². The van der Waals surface area contributed by atoms with E-state index in [1.54, 1.807) is 0 Å². The summed E-state index contributed by atoms with van der Waals surface area (Å²) in [5, 5.41) is 12.5. The number of hydrogen-bond acceptors (Lipinski definition) is 3. The van der Waals surface area contributed by atoms with Crippen LogP contribution in [-0.4, -0.2) is 35.8 Å². The van der Waals surface area contributed by atoms with Crippen molar-refractivity contribution in [1.82, 2.24) is 5.32 Å². The van der Waals surface area contributed by atoms with Crippen LogP contribution in [-0.2, 0) is 0 Å². The molecule has 96 valence electrons. The molecular formula is C13H27NOS. The van der Waals surface area contributed by atoms with E-state index in [1.807, 2.05) is 11.8 Å². The fraction of sp³-hybridized carbons (Fsp3) is 1.00. The van der Waals surface area contributed by atoms with Gasteiger partial charge in [-0.15, -0.1) is 0 Å². The van der Waals surface area contributed by atoms with Crippen molar-refractivity contribution in [2.24, 2.45) is 5.92 Å². The molecule has 0 heterocycles. The van der Waals surface area contributed by atoms with Crippen LogP contribution in [0.2, 0.25) is 0 Å². The van der Waals surface area contributed by atoms with Crippen molar-refractivity contribution in [3.8, 4) is 0 Å². The predicted molar refractivity (Wildman–Crippen MR) is 73.1 cm³/mol. The summed E-state index contributed by atoms with van der Waals surface area (Å²) in [6.07, 6.45) is 7.86. The largest absolute Gasteiger partial charge is 0.396 e. The minimum absolute atomic E-state index is 0.337. The minimum atomic E-state index is 0.337. The lowest BCUT2D eigenvalue weighted by atomic mass is 10.00. The maximum atomic E-state index is 8.76. The van der Waals surface area contributed by atoms with Gasteiger partial charge in [0.05, 0.1) is 0 Å². The summed E-state index contributed by atoms with van der Waals surface area (Å²) < 4.78 is 0. The molecule has 3 heteroatoms. The standard InChI is InChI=1S/C13H27NOS/c1-2-8-14-13(11-16-10-5-9-15)12-6-3-4-7-12/h12-15H,2-11H2,1H3. The summed E-state index contributed by atoms with van der Waals surface area (Å²) in [6.45, 7) is 3.73. The molecule has 1 fully saturated rings. The minimum Gasteiger partial charge on any atom is -0.396 e. The molecule has 1 saturated carbocycles. The second-order valence-electron chi connectivity index (χ2n) is 4.76. The second kappa shape index (κ2) is 9.32. The smallest absolute Gasteiger partial charge is 0.0438 e. The summed E-state index contributed by atoms with van der Waals surface area (Å²) in [7, 11) is 0. The van der Waals surface area contributed by atoms with Crippen LogP contribution in [0.4, 0.5) is 0 Å². The maximum absolute atomic E-state index is 8.76. The molecule has 2 nitrogen and oxygen atoms in total. The molecule has 0 aromatic carbocycles. The predicted octanol–water partition coefficient (Wildman–Crippen LogP) is 2.66. The molecular weight excluding hydrogens is 218 g/mol. The zero-order valence-corrected chi connectivity index (χ0v) is 11.4. The van der Waals surface area contributed by atoms with E-state index in [4.69, 9.17) is 5.11 Å². The van der Waals surface area contributed by atoms with Gasteiger partial charge in [0.15, 0.2) is 0 Å². The van der Waals surface area contributed by atoms with Gasteiger partial charge in [0.2, 0.25) is 0 Å². The topological polar surface area (TPSA) is 32.3 Å². The fourth-order valence-electron chi connectivity index (χ4n) is 2.43. The van der Waals surface area contributed by atoms with Crippen LogP contribution < -0.4 is 5.32 Å². The summed E-state index contributed by atoms with van der Waals surface area (Å²) >= 11 is 2.00. The highest BCUT2D eigenvalue weighted by Gasteiger charge is 2.23. The normalized spacial score (nSPS) is 19.1. The second-order valence-corrected chi connectivity index (χ2v) is 5.91. The Bertz CT molecular complexity index is 160. The number of hydrogen-bond donors (Lipinski definition) is 2. The molecule has 1 atom stereocenters.